The van der Waals surface area contributed by atoms with Gasteiger partial charge in [-0.1, -0.05) is 27.7 Å². The molecule has 0 aromatic heterocycles. The molecule has 21 heavy (non-hydrogen) atoms. The molecule has 1 fully saturated rings. The Morgan fingerprint density at radius 2 is 1.76 bits per heavy atom. The Kier molecular flexibility index (Phi) is 4.18. The molecule has 3 atom stereocenters. The summed E-state index contributed by atoms with van der Waals surface area (Å²) >= 11 is 0. The van der Waals surface area contributed by atoms with Crippen LogP contribution in [0.5, 0.6) is 0 Å². The molecule has 0 saturated heterocycles. The molecule has 4 nitrogen and oxygen atoms in total. The molecule has 118 valence electrons. The van der Waals surface area contributed by atoms with Crippen molar-refractivity contribution in [3.63, 3.8) is 0 Å². The minimum atomic E-state index is -1.04. The third kappa shape index (κ3) is 2.60. The van der Waals surface area contributed by atoms with Gasteiger partial charge in [-0.15, -0.1) is 0 Å². The summed E-state index contributed by atoms with van der Waals surface area (Å²) in [6, 6.07) is 0. The molecule has 2 bridgehead atoms. The lowest BCUT2D eigenvalue weighted by atomic mass is 9.64. The zero-order chi connectivity index (χ0) is 15.9. The average Bonchev–Trinajstić information content (AvgIpc) is 2.78. The van der Waals surface area contributed by atoms with Gasteiger partial charge in [0.25, 0.3) is 0 Å². The van der Waals surface area contributed by atoms with Crippen LogP contribution in [-0.4, -0.2) is 22.2 Å². The summed E-state index contributed by atoms with van der Waals surface area (Å²) in [6.45, 7) is 8.48. The van der Waals surface area contributed by atoms with E-state index in [1.165, 1.54) is 0 Å². The fourth-order valence-electron chi connectivity index (χ4n) is 4.84. The Morgan fingerprint density at radius 3 is 2.19 bits per heavy atom. The van der Waals surface area contributed by atoms with Crippen molar-refractivity contribution < 1.29 is 19.8 Å². The normalized spacial score (nSPS) is 31.5. The van der Waals surface area contributed by atoms with Crippen molar-refractivity contribution in [2.75, 3.05) is 0 Å². The summed E-state index contributed by atoms with van der Waals surface area (Å²) < 4.78 is 0. The molecule has 0 radical (unpaired) electrons. The first-order chi connectivity index (χ1) is 9.69. The molecule has 2 aliphatic rings. The zero-order valence-corrected chi connectivity index (χ0v) is 13.3. The van der Waals surface area contributed by atoms with Crippen LogP contribution in [0.3, 0.4) is 0 Å². The van der Waals surface area contributed by atoms with Gasteiger partial charge < -0.3 is 10.2 Å². The highest BCUT2D eigenvalue weighted by atomic mass is 16.4. The quantitative estimate of drug-likeness (QED) is 0.785. The number of aliphatic carboxylic acids is 2. The second-order valence-corrected chi connectivity index (χ2v) is 7.62. The summed E-state index contributed by atoms with van der Waals surface area (Å²) in [5, 5.41) is 19.1. The first kappa shape index (κ1) is 16.1. The van der Waals surface area contributed by atoms with E-state index >= 15 is 0 Å². The van der Waals surface area contributed by atoms with Gasteiger partial charge >= 0.3 is 11.9 Å². The van der Waals surface area contributed by atoms with Crippen LogP contribution in [0.25, 0.3) is 0 Å². The van der Waals surface area contributed by atoms with Crippen molar-refractivity contribution in [2.24, 2.45) is 29.1 Å². The lowest BCUT2D eigenvalue weighted by Gasteiger charge is -2.38. The molecule has 0 heterocycles. The van der Waals surface area contributed by atoms with Crippen LogP contribution in [0.1, 0.15) is 53.4 Å². The number of rotatable bonds is 6. The Morgan fingerprint density at radius 1 is 1.14 bits per heavy atom. The monoisotopic (exact) mass is 294 g/mol. The second kappa shape index (κ2) is 5.47. The predicted octanol–water partition coefficient (Wildman–Crippen LogP) is 3.57. The SMILES string of the molecule is CC(C)CC1CC2CC1(CC(C)C)C(C(=O)O)=C2C(=O)O. The smallest absolute Gasteiger partial charge is 0.332 e. The molecule has 4 heteroatoms. The van der Waals surface area contributed by atoms with Crippen molar-refractivity contribution >= 4 is 11.9 Å². The fourth-order valence-corrected chi connectivity index (χ4v) is 4.84. The highest BCUT2D eigenvalue weighted by Crippen LogP contribution is 2.64. The van der Waals surface area contributed by atoms with E-state index in [0.717, 1.165) is 19.3 Å². The van der Waals surface area contributed by atoms with Gasteiger partial charge in [-0.25, -0.2) is 9.59 Å². The maximum Gasteiger partial charge on any atom is 0.332 e. The molecular weight excluding hydrogens is 268 g/mol. The van der Waals surface area contributed by atoms with E-state index < -0.39 is 17.4 Å². The third-order valence-electron chi connectivity index (χ3n) is 5.11. The van der Waals surface area contributed by atoms with Gasteiger partial charge in [0.1, 0.15) is 0 Å². The first-order valence-corrected chi connectivity index (χ1v) is 7.90. The van der Waals surface area contributed by atoms with Crippen LogP contribution in [0.2, 0.25) is 0 Å². The molecule has 0 amide bonds. The lowest BCUT2D eigenvalue weighted by molar-refractivity contribution is -0.137. The summed E-state index contributed by atoms with van der Waals surface area (Å²) in [7, 11) is 0. The summed E-state index contributed by atoms with van der Waals surface area (Å²) in [6.07, 6.45) is 3.31. The van der Waals surface area contributed by atoms with Crippen LogP contribution in [0.15, 0.2) is 11.1 Å². The third-order valence-corrected chi connectivity index (χ3v) is 5.11. The van der Waals surface area contributed by atoms with Gasteiger partial charge in [-0.3, -0.25) is 0 Å². The molecule has 0 aromatic carbocycles. The van der Waals surface area contributed by atoms with Crippen molar-refractivity contribution in [1.29, 1.82) is 0 Å². The minimum absolute atomic E-state index is 0.0731. The van der Waals surface area contributed by atoms with E-state index in [0.29, 0.717) is 24.2 Å². The van der Waals surface area contributed by atoms with Gasteiger partial charge in [0, 0.05) is 5.41 Å². The summed E-state index contributed by atoms with van der Waals surface area (Å²) in [5.41, 5.74) is -0.0309. The number of carboxylic acids is 2. The summed E-state index contributed by atoms with van der Waals surface area (Å²) in [4.78, 5) is 23.3. The Balaban J connectivity index is 2.52. The standard InChI is InChI=1S/C17H26O4/c1-9(2)5-12-6-11-8-17(12,7-10(3)4)14(16(20)21)13(11)15(18)19/h9-12H,5-8H2,1-4H3,(H,18,19)(H,20,21). The number of carboxylic acid groups (broad SMARTS) is 2. The van der Waals surface area contributed by atoms with Crippen LogP contribution in [0, 0.1) is 29.1 Å². The molecule has 2 aliphatic carbocycles. The Labute approximate surface area is 126 Å². The Bertz CT molecular complexity index is 489. The second-order valence-electron chi connectivity index (χ2n) is 7.62. The number of fused-ring (bicyclic) bond motifs is 2. The topological polar surface area (TPSA) is 74.6 Å². The van der Waals surface area contributed by atoms with E-state index in [2.05, 4.69) is 27.7 Å². The van der Waals surface area contributed by atoms with Crippen LogP contribution in [-0.2, 0) is 9.59 Å². The summed E-state index contributed by atoms with van der Waals surface area (Å²) in [5.74, 6) is -0.965. The van der Waals surface area contributed by atoms with Crippen LogP contribution < -0.4 is 0 Å². The predicted molar refractivity (Wildman–Crippen MR) is 79.9 cm³/mol. The maximum absolute atomic E-state index is 11.8. The first-order valence-electron chi connectivity index (χ1n) is 7.90. The van der Waals surface area contributed by atoms with Crippen molar-refractivity contribution in [3.8, 4) is 0 Å². The molecule has 0 aromatic rings. The molecule has 2 N–H and O–H groups in total. The molecule has 1 saturated carbocycles. The largest absolute Gasteiger partial charge is 0.478 e. The Hall–Kier alpha value is -1.32. The molecule has 0 spiro atoms. The van der Waals surface area contributed by atoms with Crippen molar-refractivity contribution in [2.45, 2.75) is 53.4 Å². The van der Waals surface area contributed by atoms with Gasteiger partial charge in [0.05, 0.1) is 11.1 Å². The number of hydrogen-bond donors (Lipinski definition) is 2. The van der Waals surface area contributed by atoms with Crippen molar-refractivity contribution in [1.82, 2.24) is 0 Å². The number of hydrogen-bond acceptors (Lipinski definition) is 2. The van der Waals surface area contributed by atoms with Crippen LogP contribution >= 0.6 is 0 Å². The van der Waals surface area contributed by atoms with E-state index in [4.69, 9.17) is 0 Å². The maximum atomic E-state index is 11.8. The molecular formula is C17H26O4. The molecule has 2 rings (SSSR count). The zero-order valence-electron chi connectivity index (χ0n) is 13.3. The van der Waals surface area contributed by atoms with Gasteiger partial charge in [-0.05, 0) is 49.4 Å². The lowest BCUT2D eigenvalue weighted by Crippen LogP contribution is -2.35. The van der Waals surface area contributed by atoms with Crippen LogP contribution in [0.4, 0.5) is 0 Å². The highest BCUT2D eigenvalue weighted by Gasteiger charge is 2.60. The molecule has 0 aliphatic heterocycles. The van der Waals surface area contributed by atoms with Gasteiger partial charge in [0.2, 0.25) is 0 Å². The van der Waals surface area contributed by atoms with E-state index in [9.17, 15) is 19.8 Å². The van der Waals surface area contributed by atoms with E-state index in [-0.39, 0.29) is 17.1 Å². The minimum Gasteiger partial charge on any atom is -0.478 e. The molecule has 3 unspecified atom stereocenters. The fraction of sp³-hybridized carbons (Fsp3) is 0.765. The van der Waals surface area contributed by atoms with Gasteiger partial charge in [0.15, 0.2) is 0 Å². The average molecular weight is 294 g/mol. The van der Waals surface area contributed by atoms with E-state index in [1.54, 1.807) is 0 Å². The number of carbonyl (C=O) groups is 2. The van der Waals surface area contributed by atoms with E-state index in [1.807, 2.05) is 0 Å². The van der Waals surface area contributed by atoms with Crippen molar-refractivity contribution in [3.05, 3.63) is 11.1 Å². The van der Waals surface area contributed by atoms with Gasteiger partial charge in [-0.2, -0.15) is 0 Å². The highest BCUT2D eigenvalue weighted by molar-refractivity contribution is 6.02.